The van der Waals surface area contributed by atoms with Crippen LogP contribution in [0.2, 0.25) is 0 Å². The Bertz CT molecular complexity index is 207. The summed E-state index contributed by atoms with van der Waals surface area (Å²) in [5.74, 6) is -0.489. The Morgan fingerprint density at radius 2 is 2.09 bits per heavy atom. The molecule has 0 aliphatic heterocycles. The lowest BCUT2D eigenvalue weighted by molar-refractivity contribution is 0.0794. The number of hydrogen-bond acceptors (Lipinski definition) is 3. The molecule has 0 unspecified atom stereocenters. The van der Waals surface area contributed by atoms with E-state index in [0.717, 1.165) is 6.20 Å². The van der Waals surface area contributed by atoms with Crippen molar-refractivity contribution in [3.05, 3.63) is 42.4 Å². The van der Waals surface area contributed by atoms with Crippen molar-refractivity contribution in [2.24, 2.45) is 0 Å². The van der Waals surface area contributed by atoms with Crippen molar-refractivity contribution in [3.63, 3.8) is 0 Å². The number of aliphatic hydroxyl groups excluding tert-OH is 1. The van der Waals surface area contributed by atoms with Crippen molar-refractivity contribution in [3.8, 4) is 0 Å². The van der Waals surface area contributed by atoms with Gasteiger partial charge in [-0.05, 0) is 12.2 Å². The molecule has 0 aromatic heterocycles. The van der Waals surface area contributed by atoms with Crippen LogP contribution in [0.15, 0.2) is 37.5 Å². The normalized spacial score (nSPS) is 10.4. The largest absolute Gasteiger partial charge is 0.476 e. The summed E-state index contributed by atoms with van der Waals surface area (Å²) in [7, 11) is 0. The summed E-state index contributed by atoms with van der Waals surface area (Å²) in [6.45, 7) is 6.83. The third kappa shape index (κ3) is 3.76. The summed E-state index contributed by atoms with van der Waals surface area (Å²) >= 11 is 0. The maximum absolute atomic E-state index is 8.77. The van der Waals surface area contributed by atoms with Crippen molar-refractivity contribution in [2.45, 2.75) is 6.10 Å². The lowest BCUT2D eigenvalue weighted by atomic mass is 10.3. The summed E-state index contributed by atoms with van der Waals surface area (Å²) in [6, 6.07) is 0. The smallest absolute Gasteiger partial charge is 0.429 e. The van der Waals surface area contributed by atoms with Gasteiger partial charge in [0.25, 0.3) is 0 Å². The minimum atomic E-state index is -0.489. The zero-order valence-corrected chi connectivity index (χ0v) is 5.97. The van der Waals surface area contributed by atoms with Gasteiger partial charge in [0.1, 0.15) is 6.10 Å². The molecular formula is C7H9N2O2+. The van der Waals surface area contributed by atoms with Crippen molar-refractivity contribution in [1.29, 1.82) is 5.39 Å². The van der Waals surface area contributed by atoms with E-state index < -0.39 is 12.0 Å². The van der Waals surface area contributed by atoms with Crippen LogP contribution >= 0.6 is 0 Å². The number of nitrogens with zero attached hydrogens (tertiary/aromatic N) is 2. The summed E-state index contributed by atoms with van der Waals surface area (Å²) in [5, 5.41) is 16.7. The predicted molar refractivity (Wildman–Crippen MR) is 41.1 cm³/mol. The van der Waals surface area contributed by atoms with Crippen molar-refractivity contribution in [2.75, 3.05) is 0 Å². The molecular weight excluding hydrogens is 144 g/mol. The first-order chi connectivity index (χ1) is 5.24. The predicted octanol–water partition coefficient (Wildman–Crippen LogP) is 1.95. The maximum Gasteiger partial charge on any atom is 0.429 e. The second-order valence-corrected chi connectivity index (χ2v) is 1.64. The van der Waals surface area contributed by atoms with E-state index in [2.05, 4.69) is 18.1 Å². The third-order valence-electron chi connectivity index (χ3n) is 0.890. The summed E-state index contributed by atoms with van der Waals surface area (Å²) in [4.78, 5) is 2.55. The fraction of sp³-hybridized carbons (Fsp3) is 0.143. The highest BCUT2D eigenvalue weighted by Crippen LogP contribution is 2.01. The van der Waals surface area contributed by atoms with E-state index in [0.29, 0.717) is 0 Å². The molecule has 1 N–H and O–H groups in total. The van der Waals surface area contributed by atoms with Crippen molar-refractivity contribution >= 4 is 0 Å². The van der Waals surface area contributed by atoms with Crippen molar-refractivity contribution < 1.29 is 9.84 Å². The Labute approximate surface area is 64.7 Å². The molecule has 0 aromatic rings. The highest BCUT2D eigenvalue weighted by atomic mass is 16.6. The highest BCUT2D eigenvalue weighted by molar-refractivity contribution is 4.98. The molecule has 0 fully saturated rings. The Morgan fingerprint density at radius 3 is 2.45 bits per heavy atom. The average molecular weight is 153 g/mol. The first-order valence-corrected chi connectivity index (χ1v) is 2.89. The van der Waals surface area contributed by atoms with Gasteiger partial charge in [-0.15, -0.1) is 0 Å². The number of hydrogen-bond donors (Lipinski definition) is 1. The van der Waals surface area contributed by atoms with Crippen LogP contribution < -0.4 is 0 Å². The molecule has 0 heterocycles. The number of ether oxygens (including phenoxy) is 1. The fourth-order valence-electron chi connectivity index (χ4n) is 0.412. The summed E-state index contributed by atoms with van der Waals surface area (Å²) in [6.07, 6.45) is 3.16. The summed E-state index contributed by atoms with van der Waals surface area (Å²) in [5.41, 5.74) is 0. The second kappa shape index (κ2) is 5.06. The molecule has 0 rings (SSSR count). The van der Waals surface area contributed by atoms with Gasteiger partial charge < -0.3 is 9.84 Å². The Kier molecular flexibility index (Phi) is 4.25. The van der Waals surface area contributed by atoms with Gasteiger partial charge in [-0.3, -0.25) is 0 Å². The molecule has 0 aromatic carbocycles. The monoisotopic (exact) mass is 153 g/mol. The van der Waals surface area contributed by atoms with E-state index in [1.54, 1.807) is 0 Å². The van der Waals surface area contributed by atoms with Crippen LogP contribution in [0.3, 0.4) is 0 Å². The highest BCUT2D eigenvalue weighted by Gasteiger charge is 2.05. The van der Waals surface area contributed by atoms with Crippen LogP contribution in [0.1, 0.15) is 0 Å². The molecule has 0 amide bonds. The molecule has 0 saturated carbocycles. The van der Waals surface area contributed by atoms with Gasteiger partial charge in [0.2, 0.25) is 5.39 Å². The molecule has 0 aliphatic rings. The number of rotatable bonds is 4. The van der Waals surface area contributed by atoms with E-state index >= 15 is 0 Å². The minimum absolute atomic E-state index is 0.479. The van der Waals surface area contributed by atoms with E-state index in [1.807, 2.05) is 0 Å². The topological polar surface area (TPSA) is 57.6 Å². The lowest BCUT2D eigenvalue weighted by Crippen LogP contribution is -2.04. The molecule has 58 valence electrons. The molecule has 4 heteroatoms. The standard InChI is InChI=1S/C7H8N2O2/c1-3-6(4-2)11-7(10)5-9-8/h3-6H,1-2H2/p+1. The van der Waals surface area contributed by atoms with Gasteiger partial charge in [-0.2, -0.15) is 0 Å². The molecule has 0 radical (unpaired) electrons. The average Bonchev–Trinajstić information content (AvgIpc) is 2.01. The van der Waals surface area contributed by atoms with E-state index in [4.69, 9.17) is 15.2 Å². The quantitative estimate of drug-likeness (QED) is 0.381. The van der Waals surface area contributed by atoms with Crippen molar-refractivity contribution in [1.82, 2.24) is 0 Å². The molecule has 0 aliphatic carbocycles. The first kappa shape index (κ1) is 9.24. The SMILES string of the molecule is C=CC(C=C)OC(O)=C[N+]#N. The molecule has 0 atom stereocenters. The zero-order chi connectivity index (χ0) is 8.69. The third-order valence-corrected chi connectivity index (χ3v) is 0.890. The van der Waals surface area contributed by atoms with Gasteiger partial charge in [-0.25, -0.2) is 0 Å². The van der Waals surface area contributed by atoms with Gasteiger partial charge >= 0.3 is 12.1 Å². The second-order valence-electron chi connectivity index (χ2n) is 1.64. The van der Waals surface area contributed by atoms with E-state index in [-0.39, 0.29) is 0 Å². The summed E-state index contributed by atoms with van der Waals surface area (Å²) < 4.78 is 4.72. The maximum atomic E-state index is 8.77. The van der Waals surface area contributed by atoms with Crippen LogP contribution in [-0.2, 0) is 4.74 Å². The Morgan fingerprint density at radius 1 is 1.55 bits per heavy atom. The van der Waals surface area contributed by atoms with E-state index in [1.165, 1.54) is 12.2 Å². The molecule has 11 heavy (non-hydrogen) atoms. The zero-order valence-electron chi connectivity index (χ0n) is 5.97. The van der Waals surface area contributed by atoms with E-state index in [9.17, 15) is 0 Å². The number of diazo groups is 1. The van der Waals surface area contributed by atoms with Crippen LogP contribution in [0.4, 0.5) is 0 Å². The van der Waals surface area contributed by atoms with Crippen LogP contribution in [0.25, 0.3) is 4.98 Å². The van der Waals surface area contributed by atoms with Crippen LogP contribution in [0.5, 0.6) is 0 Å². The van der Waals surface area contributed by atoms with Gasteiger partial charge in [0, 0.05) is 0 Å². The Balaban J connectivity index is 4.03. The first-order valence-electron chi connectivity index (χ1n) is 2.89. The fourth-order valence-corrected chi connectivity index (χ4v) is 0.412. The molecule has 0 spiro atoms. The van der Waals surface area contributed by atoms with Crippen LogP contribution in [-0.4, -0.2) is 11.2 Å². The van der Waals surface area contributed by atoms with Gasteiger partial charge in [-0.1, -0.05) is 13.2 Å². The minimum Gasteiger partial charge on any atom is -0.476 e. The Hall–Kier alpha value is -1.76. The van der Waals surface area contributed by atoms with Crippen LogP contribution in [0, 0.1) is 5.39 Å². The molecule has 0 bridgehead atoms. The number of aliphatic hydroxyl groups is 1. The molecule has 0 saturated heterocycles. The van der Waals surface area contributed by atoms with Gasteiger partial charge in [0.15, 0.2) is 4.98 Å². The van der Waals surface area contributed by atoms with Gasteiger partial charge in [0.05, 0.1) is 0 Å². The molecule has 4 nitrogen and oxygen atoms in total. The lowest BCUT2D eigenvalue weighted by Gasteiger charge is -2.05.